The lowest BCUT2D eigenvalue weighted by Gasteiger charge is -2.11. The fourth-order valence-electron chi connectivity index (χ4n) is 3.47. The zero-order chi connectivity index (χ0) is 18.9. The number of hydrogen-bond donors (Lipinski definition) is 2. The molecule has 0 aliphatic rings. The van der Waals surface area contributed by atoms with Gasteiger partial charge in [-0.05, 0) is 35.2 Å². The van der Waals surface area contributed by atoms with E-state index >= 15 is 0 Å². The first-order valence-electron chi connectivity index (χ1n) is 8.93. The van der Waals surface area contributed by atoms with E-state index in [1.807, 2.05) is 36.4 Å². The molecule has 4 rings (SSSR count). The SMILES string of the molecule is O=P(O)(O)CCCc1ccc2cccc(-c3cccc4ccccc34)c2n1. The van der Waals surface area contributed by atoms with Crippen LogP contribution < -0.4 is 0 Å². The van der Waals surface area contributed by atoms with Gasteiger partial charge >= 0.3 is 7.60 Å². The largest absolute Gasteiger partial charge is 0.325 e. The number of pyridine rings is 1. The Morgan fingerprint density at radius 2 is 1.48 bits per heavy atom. The Kier molecular flexibility index (Phi) is 4.79. The standard InChI is InChI=1S/C22H20NO3P/c24-27(25,26)15-5-9-18-14-13-17-8-4-12-21(22(17)23-18)20-11-3-7-16-6-1-2-10-19(16)20/h1-4,6-8,10-14H,5,9,15H2,(H2,24,25,26). The Labute approximate surface area is 157 Å². The molecule has 5 heteroatoms. The van der Waals surface area contributed by atoms with Gasteiger partial charge < -0.3 is 9.79 Å². The quantitative estimate of drug-likeness (QED) is 0.471. The lowest BCUT2D eigenvalue weighted by molar-refractivity contribution is 0.371. The summed E-state index contributed by atoms with van der Waals surface area (Å²) in [6.07, 6.45) is 0.849. The third-order valence-electron chi connectivity index (χ3n) is 4.74. The molecule has 3 aromatic carbocycles. The van der Waals surface area contributed by atoms with E-state index < -0.39 is 7.60 Å². The van der Waals surface area contributed by atoms with E-state index in [1.54, 1.807) is 0 Å². The number of rotatable bonds is 5. The molecule has 0 aliphatic carbocycles. The van der Waals surface area contributed by atoms with Crippen molar-refractivity contribution in [2.45, 2.75) is 12.8 Å². The Balaban J connectivity index is 1.79. The highest BCUT2D eigenvalue weighted by Gasteiger charge is 2.13. The highest BCUT2D eigenvalue weighted by atomic mass is 31.2. The van der Waals surface area contributed by atoms with Crippen LogP contribution in [0.2, 0.25) is 0 Å². The normalized spacial score (nSPS) is 11.9. The minimum atomic E-state index is -3.96. The Morgan fingerprint density at radius 3 is 2.30 bits per heavy atom. The van der Waals surface area contributed by atoms with Crippen LogP contribution in [0.5, 0.6) is 0 Å². The van der Waals surface area contributed by atoms with Crippen molar-refractivity contribution in [2.24, 2.45) is 0 Å². The number of nitrogens with zero attached hydrogens (tertiary/aromatic N) is 1. The van der Waals surface area contributed by atoms with Gasteiger partial charge in [-0.2, -0.15) is 0 Å². The molecule has 27 heavy (non-hydrogen) atoms. The van der Waals surface area contributed by atoms with Crippen molar-refractivity contribution in [2.75, 3.05) is 6.16 Å². The van der Waals surface area contributed by atoms with Gasteiger partial charge in [-0.25, -0.2) is 0 Å². The molecule has 0 spiro atoms. The third kappa shape index (κ3) is 3.93. The minimum Gasteiger partial charge on any atom is -0.324 e. The number of fused-ring (bicyclic) bond motifs is 2. The van der Waals surface area contributed by atoms with Crippen LogP contribution in [-0.4, -0.2) is 20.9 Å². The fraction of sp³-hybridized carbons (Fsp3) is 0.136. The van der Waals surface area contributed by atoms with E-state index in [0.717, 1.165) is 27.7 Å². The van der Waals surface area contributed by atoms with Crippen LogP contribution in [0.3, 0.4) is 0 Å². The molecule has 0 fully saturated rings. The molecule has 0 saturated carbocycles. The number of aromatic nitrogens is 1. The lowest BCUT2D eigenvalue weighted by Crippen LogP contribution is -1.96. The van der Waals surface area contributed by atoms with E-state index in [0.29, 0.717) is 12.8 Å². The van der Waals surface area contributed by atoms with Crippen LogP contribution in [0.4, 0.5) is 0 Å². The summed E-state index contributed by atoms with van der Waals surface area (Å²) in [4.78, 5) is 22.9. The van der Waals surface area contributed by atoms with E-state index in [1.165, 1.54) is 10.8 Å². The van der Waals surface area contributed by atoms with Crippen molar-refractivity contribution in [1.82, 2.24) is 4.98 Å². The van der Waals surface area contributed by atoms with E-state index in [4.69, 9.17) is 14.8 Å². The maximum absolute atomic E-state index is 11.1. The summed E-state index contributed by atoms with van der Waals surface area (Å²) in [6.45, 7) is 0. The monoisotopic (exact) mass is 377 g/mol. The smallest absolute Gasteiger partial charge is 0.324 e. The molecule has 0 aliphatic heterocycles. The molecule has 1 heterocycles. The lowest BCUT2D eigenvalue weighted by atomic mass is 9.96. The molecular formula is C22H20NO3P. The fourth-order valence-corrected chi connectivity index (χ4v) is 4.04. The van der Waals surface area contributed by atoms with E-state index in [-0.39, 0.29) is 6.16 Å². The second kappa shape index (κ2) is 7.24. The second-order valence-corrected chi connectivity index (χ2v) is 8.48. The van der Waals surface area contributed by atoms with Gasteiger partial charge in [0.15, 0.2) is 0 Å². The highest BCUT2D eigenvalue weighted by molar-refractivity contribution is 7.51. The van der Waals surface area contributed by atoms with Crippen molar-refractivity contribution in [3.8, 4) is 11.1 Å². The maximum atomic E-state index is 11.1. The number of benzene rings is 3. The van der Waals surface area contributed by atoms with Crippen LogP contribution >= 0.6 is 7.60 Å². The minimum absolute atomic E-state index is 0.113. The molecular weight excluding hydrogens is 357 g/mol. The Morgan fingerprint density at radius 1 is 0.778 bits per heavy atom. The van der Waals surface area contributed by atoms with Gasteiger partial charge in [0.1, 0.15) is 0 Å². The van der Waals surface area contributed by atoms with Crippen LogP contribution in [0.15, 0.2) is 72.8 Å². The highest BCUT2D eigenvalue weighted by Crippen LogP contribution is 2.36. The first kappa shape index (κ1) is 17.9. The van der Waals surface area contributed by atoms with E-state index in [2.05, 4.69) is 36.4 Å². The topological polar surface area (TPSA) is 70.4 Å². The van der Waals surface area contributed by atoms with Crippen molar-refractivity contribution < 1.29 is 14.4 Å². The summed E-state index contributed by atoms with van der Waals surface area (Å²) in [5.41, 5.74) is 3.98. The predicted molar refractivity (Wildman–Crippen MR) is 110 cm³/mol. The third-order valence-corrected chi connectivity index (χ3v) is 5.64. The Bertz CT molecular complexity index is 1160. The van der Waals surface area contributed by atoms with Gasteiger partial charge in [-0.3, -0.25) is 9.55 Å². The van der Waals surface area contributed by atoms with Crippen molar-refractivity contribution >= 4 is 29.3 Å². The molecule has 4 nitrogen and oxygen atoms in total. The van der Waals surface area contributed by atoms with Crippen molar-refractivity contribution in [1.29, 1.82) is 0 Å². The van der Waals surface area contributed by atoms with Gasteiger partial charge in [-0.15, -0.1) is 0 Å². The summed E-state index contributed by atoms with van der Waals surface area (Å²) in [6, 6.07) is 24.7. The zero-order valence-electron chi connectivity index (χ0n) is 14.7. The van der Waals surface area contributed by atoms with Gasteiger partial charge in [0, 0.05) is 16.6 Å². The molecule has 0 saturated heterocycles. The average molecular weight is 377 g/mol. The number of para-hydroxylation sites is 1. The Hall–Kier alpha value is -2.52. The van der Waals surface area contributed by atoms with Crippen LogP contribution in [0, 0.1) is 0 Å². The summed E-state index contributed by atoms with van der Waals surface area (Å²) in [5, 5.41) is 3.42. The van der Waals surface area contributed by atoms with Gasteiger partial charge in [0.25, 0.3) is 0 Å². The molecule has 0 unspecified atom stereocenters. The molecule has 1 aromatic heterocycles. The van der Waals surface area contributed by atoms with Crippen LogP contribution in [0.1, 0.15) is 12.1 Å². The summed E-state index contributed by atoms with van der Waals surface area (Å²) < 4.78 is 11.1. The van der Waals surface area contributed by atoms with Gasteiger partial charge in [-0.1, -0.05) is 66.7 Å². The first-order valence-corrected chi connectivity index (χ1v) is 10.7. The van der Waals surface area contributed by atoms with Crippen molar-refractivity contribution in [3.05, 3.63) is 78.5 Å². The maximum Gasteiger partial charge on any atom is 0.325 e. The molecule has 0 bridgehead atoms. The summed E-state index contributed by atoms with van der Waals surface area (Å²) >= 11 is 0. The molecule has 136 valence electrons. The number of hydrogen-bond acceptors (Lipinski definition) is 2. The van der Waals surface area contributed by atoms with Crippen LogP contribution in [-0.2, 0) is 11.0 Å². The molecule has 0 atom stereocenters. The predicted octanol–water partition coefficient (Wildman–Crippen LogP) is 5.17. The second-order valence-electron chi connectivity index (χ2n) is 6.70. The first-order chi connectivity index (χ1) is 13.0. The van der Waals surface area contributed by atoms with Gasteiger partial charge in [0.05, 0.1) is 11.7 Å². The van der Waals surface area contributed by atoms with Crippen molar-refractivity contribution in [3.63, 3.8) is 0 Å². The molecule has 2 N–H and O–H groups in total. The van der Waals surface area contributed by atoms with Crippen LogP contribution in [0.25, 0.3) is 32.8 Å². The van der Waals surface area contributed by atoms with Gasteiger partial charge in [0.2, 0.25) is 0 Å². The molecule has 0 radical (unpaired) electrons. The molecule has 0 amide bonds. The zero-order valence-corrected chi connectivity index (χ0v) is 15.6. The molecule has 4 aromatic rings. The average Bonchev–Trinajstić information content (AvgIpc) is 2.66. The van der Waals surface area contributed by atoms with E-state index in [9.17, 15) is 4.57 Å². The summed E-state index contributed by atoms with van der Waals surface area (Å²) in [5.74, 6) is 0. The summed E-state index contributed by atoms with van der Waals surface area (Å²) in [7, 11) is -3.96. The number of aryl methyl sites for hydroxylation is 1.